The van der Waals surface area contributed by atoms with Crippen molar-refractivity contribution in [3.63, 3.8) is 0 Å². The van der Waals surface area contributed by atoms with Crippen molar-refractivity contribution < 1.29 is 23.9 Å². The molecule has 7 N–H and O–H groups in total. The van der Waals surface area contributed by atoms with Gasteiger partial charge in [0, 0.05) is 21.8 Å². The number of carbonyl (C=O) groups excluding carboxylic acids is 4. The Morgan fingerprint density at radius 3 is 2.04 bits per heavy atom. The van der Waals surface area contributed by atoms with E-state index >= 15 is 0 Å². The highest BCUT2D eigenvalue weighted by molar-refractivity contribution is 6.37. The third kappa shape index (κ3) is 5.12. The van der Waals surface area contributed by atoms with Crippen LogP contribution in [-0.4, -0.2) is 30.3 Å². The van der Waals surface area contributed by atoms with Crippen molar-refractivity contribution in [2.24, 2.45) is 11.5 Å². The molecule has 0 fully saturated rings. The molecule has 0 heterocycles. The zero-order chi connectivity index (χ0) is 21.0. The second-order valence-electron chi connectivity index (χ2n) is 5.50. The third-order valence-electron chi connectivity index (χ3n) is 3.43. The summed E-state index contributed by atoms with van der Waals surface area (Å²) in [6.45, 7) is -0.685. The monoisotopic (exact) mass is 424 g/mol. The lowest BCUT2D eigenvalue weighted by molar-refractivity contribution is -0.119. The maximum atomic E-state index is 12.1. The number of halogens is 2. The number of carbonyl (C=O) groups is 4. The zero-order valence-corrected chi connectivity index (χ0v) is 15.6. The highest BCUT2D eigenvalue weighted by atomic mass is 35.5. The van der Waals surface area contributed by atoms with E-state index in [1.807, 2.05) is 0 Å². The minimum absolute atomic E-state index is 0.0371. The Labute approximate surface area is 168 Å². The molecule has 3 amide bonds. The van der Waals surface area contributed by atoms with Gasteiger partial charge in [-0.25, -0.2) is 4.79 Å². The van der Waals surface area contributed by atoms with E-state index in [0.717, 1.165) is 0 Å². The predicted molar refractivity (Wildman–Crippen MR) is 103 cm³/mol. The minimum atomic E-state index is -0.916. The van der Waals surface area contributed by atoms with Crippen LogP contribution in [0.4, 0.5) is 11.4 Å². The average Bonchev–Trinajstić information content (AvgIpc) is 2.62. The van der Waals surface area contributed by atoms with Crippen molar-refractivity contribution in [3.05, 3.63) is 57.1 Å². The molecule has 0 aliphatic rings. The largest absolute Gasteiger partial charge is 0.452 e. The maximum Gasteiger partial charge on any atom is 0.340 e. The van der Waals surface area contributed by atoms with Crippen molar-refractivity contribution in [1.29, 1.82) is 0 Å². The molecule has 0 aliphatic heterocycles. The second kappa shape index (κ2) is 8.59. The number of benzene rings is 2. The van der Waals surface area contributed by atoms with Gasteiger partial charge in [0.05, 0.1) is 16.3 Å². The van der Waals surface area contributed by atoms with E-state index in [1.165, 1.54) is 30.3 Å². The van der Waals surface area contributed by atoms with Gasteiger partial charge in [0.1, 0.15) is 0 Å². The van der Waals surface area contributed by atoms with E-state index in [0.29, 0.717) is 0 Å². The molecule has 9 nitrogen and oxygen atoms in total. The molecular weight excluding hydrogens is 411 g/mol. The molecule has 0 spiro atoms. The molecule has 0 aliphatic carbocycles. The first-order valence-corrected chi connectivity index (χ1v) is 8.30. The lowest BCUT2D eigenvalue weighted by atomic mass is 10.1. The topological polar surface area (TPSA) is 168 Å². The van der Waals surface area contributed by atoms with Crippen molar-refractivity contribution in [3.8, 4) is 0 Å². The summed E-state index contributed by atoms with van der Waals surface area (Å²) < 4.78 is 4.88. The van der Waals surface area contributed by atoms with E-state index in [4.69, 9.17) is 45.1 Å². The fraction of sp³-hybridized carbons (Fsp3) is 0.0588. The summed E-state index contributed by atoms with van der Waals surface area (Å²) in [5.41, 5.74) is 15.9. The van der Waals surface area contributed by atoms with Gasteiger partial charge in [-0.1, -0.05) is 23.2 Å². The molecule has 0 radical (unpaired) electrons. The van der Waals surface area contributed by atoms with E-state index in [1.54, 1.807) is 0 Å². The normalized spacial score (nSPS) is 10.2. The number of anilines is 2. The first-order valence-electron chi connectivity index (χ1n) is 7.54. The van der Waals surface area contributed by atoms with E-state index in [-0.39, 0.29) is 38.1 Å². The molecule has 2 rings (SSSR count). The van der Waals surface area contributed by atoms with Crippen LogP contribution in [0.25, 0.3) is 0 Å². The van der Waals surface area contributed by atoms with Crippen molar-refractivity contribution in [2.75, 3.05) is 17.7 Å². The van der Waals surface area contributed by atoms with Crippen LogP contribution in [-0.2, 0) is 9.53 Å². The van der Waals surface area contributed by atoms with E-state index < -0.39 is 30.3 Å². The number of primary amides is 2. The highest BCUT2D eigenvalue weighted by Gasteiger charge is 2.17. The summed E-state index contributed by atoms with van der Waals surface area (Å²) in [5, 5.41) is 2.59. The fourth-order valence-corrected chi connectivity index (χ4v) is 2.64. The summed E-state index contributed by atoms with van der Waals surface area (Å²) in [7, 11) is 0. The van der Waals surface area contributed by atoms with Crippen LogP contribution < -0.4 is 22.5 Å². The van der Waals surface area contributed by atoms with Crippen LogP contribution in [0.15, 0.2) is 30.3 Å². The van der Waals surface area contributed by atoms with Gasteiger partial charge in [-0.15, -0.1) is 0 Å². The summed E-state index contributed by atoms with van der Waals surface area (Å²) in [4.78, 5) is 46.8. The molecule has 28 heavy (non-hydrogen) atoms. The number of nitrogens with two attached hydrogens (primary N) is 3. The second-order valence-corrected chi connectivity index (χ2v) is 6.34. The van der Waals surface area contributed by atoms with Crippen LogP contribution in [0.2, 0.25) is 10.0 Å². The zero-order valence-electron chi connectivity index (χ0n) is 14.1. The molecule has 0 saturated carbocycles. The summed E-state index contributed by atoms with van der Waals surface area (Å²) in [5.74, 6) is -3.31. The number of nitrogens with one attached hydrogen (secondary N) is 1. The maximum absolute atomic E-state index is 12.1. The van der Waals surface area contributed by atoms with Crippen LogP contribution in [0.1, 0.15) is 31.1 Å². The van der Waals surface area contributed by atoms with Gasteiger partial charge in [0.25, 0.3) is 5.91 Å². The Hall–Kier alpha value is -3.30. The molecule has 11 heteroatoms. The van der Waals surface area contributed by atoms with Gasteiger partial charge in [0.2, 0.25) is 11.8 Å². The van der Waals surface area contributed by atoms with Gasteiger partial charge in [-0.3, -0.25) is 14.4 Å². The minimum Gasteiger partial charge on any atom is -0.452 e. The quantitative estimate of drug-likeness (QED) is 0.405. The van der Waals surface area contributed by atoms with E-state index in [9.17, 15) is 19.2 Å². The predicted octanol–water partition coefficient (Wildman–Crippen LogP) is 1.57. The number of esters is 1. The van der Waals surface area contributed by atoms with Crippen molar-refractivity contribution in [2.45, 2.75) is 0 Å². The molecular formula is C17H14Cl2N4O5. The lowest BCUT2D eigenvalue weighted by Gasteiger charge is -2.10. The van der Waals surface area contributed by atoms with Gasteiger partial charge < -0.3 is 27.3 Å². The van der Waals surface area contributed by atoms with Crippen LogP contribution in [0.3, 0.4) is 0 Å². The first kappa shape index (κ1) is 21.0. The van der Waals surface area contributed by atoms with Gasteiger partial charge >= 0.3 is 5.97 Å². The van der Waals surface area contributed by atoms with Crippen molar-refractivity contribution in [1.82, 2.24) is 0 Å². The number of rotatable bonds is 6. The first-order chi connectivity index (χ1) is 13.1. The standard InChI is InChI=1S/C17H14Cl2N4O5/c18-9-4-11(14(20)12(19)5-9)17(27)28-6-13(24)23-10-2-7(15(21)25)1-8(3-10)16(22)26/h1-5H,6,20H2,(H2,21,25)(H2,22,26)(H,23,24). The van der Waals surface area contributed by atoms with Crippen LogP contribution >= 0.6 is 23.2 Å². The average molecular weight is 425 g/mol. The van der Waals surface area contributed by atoms with E-state index in [2.05, 4.69) is 5.32 Å². The van der Waals surface area contributed by atoms with Gasteiger partial charge in [-0.05, 0) is 30.3 Å². The summed E-state index contributed by atoms with van der Waals surface area (Å²) >= 11 is 11.7. The smallest absolute Gasteiger partial charge is 0.340 e. The number of hydrogen-bond acceptors (Lipinski definition) is 6. The van der Waals surface area contributed by atoms with Gasteiger partial charge in [0.15, 0.2) is 6.61 Å². The molecule has 0 atom stereocenters. The molecule has 0 bridgehead atoms. The number of nitrogen functional groups attached to an aromatic ring is 1. The Balaban J connectivity index is 2.10. The lowest BCUT2D eigenvalue weighted by Crippen LogP contribution is -2.22. The number of hydrogen-bond donors (Lipinski definition) is 4. The van der Waals surface area contributed by atoms with Crippen molar-refractivity contribution >= 4 is 58.3 Å². The molecule has 0 unspecified atom stereocenters. The molecule has 2 aromatic rings. The van der Waals surface area contributed by atoms with Crippen LogP contribution in [0, 0.1) is 0 Å². The fourth-order valence-electron chi connectivity index (χ4n) is 2.14. The SMILES string of the molecule is NC(=O)c1cc(NC(=O)COC(=O)c2cc(Cl)cc(Cl)c2N)cc(C(N)=O)c1. The van der Waals surface area contributed by atoms with Crippen LogP contribution in [0.5, 0.6) is 0 Å². The number of amides is 3. The summed E-state index contributed by atoms with van der Waals surface area (Å²) in [6, 6.07) is 6.26. The Morgan fingerprint density at radius 2 is 1.50 bits per heavy atom. The Bertz CT molecular complexity index is 962. The summed E-state index contributed by atoms with van der Waals surface area (Å²) in [6.07, 6.45) is 0. The molecule has 0 aromatic heterocycles. The molecule has 146 valence electrons. The molecule has 2 aromatic carbocycles. The van der Waals surface area contributed by atoms with Gasteiger partial charge in [-0.2, -0.15) is 0 Å². The number of ether oxygens (including phenoxy) is 1. The third-order valence-corrected chi connectivity index (χ3v) is 3.97. The Morgan fingerprint density at radius 1 is 0.929 bits per heavy atom. The highest BCUT2D eigenvalue weighted by Crippen LogP contribution is 2.28. The molecule has 0 saturated heterocycles. The Kier molecular flexibility index (Phi) is 6.45.